The zero-order chi connectivity index (χ0) is 13.1. The Labute approximate surface area is 108 Å². The van der Waals surface area contributed by atoms with Crippen LogP contribution in [0.1, 0.15) is 24.7 Å². The quantitative estimate of drug-likeness (QED) is 0.800. The fraction of sp³-hybridized carbons (Fsp3) is 0.333. The topological polar surface area (TPSA) is 30.7 Å². The largest absolute Gasteiger partial charge is 0.217 e. The van der Waals surface area contributed by atoms with E-state index in [4.69, 9.17) is 11.6 Å². The van der Waals surface area contributed by atoms with Crippen LogP contribution in [0.15, 0.2) is 18.2 Å². The summed E-state index contributed by atoms with van der Waals surface area (Å²) in [5.41, 5.74) is 1.75. The van der Waals surface area contributed by atoms with Gasteiger partial charge in [-0.3, -0.25) is 0 Å². The number of benzene rings is 1. The first-order valence-corrected chi connectivity index (χ1v) is 6.15. The molecule has 0 radical (unpaired) electrons. The molecule has 0 saturated carbocycles. The van der Waals surface area contributed by atoms with Crippen LogP contribution in [0.2, 0.25) is 0 Å². The lowest BCUT2D eigenvalue weighted by Crippen LogP contribution is -2.04. The van der Waals surface area contributed by atoms with Crippen molar-refractivity contribution in [1.29, 1.82) is 0 Å². The monoisotopic (exact) mass is 271 g/mol. The summed E-state index contributed by atoms with van der Waals surface area (Å²) in [5, 5.41) is 7.83. The third kappa shape index (κ3) is 2.51. The molecule has 0 unspecified atom stereocenters. The molecular weight excluding hydrogens is 260 g/mol. The van der Waals surface area contributed by atoms with E-state index in [0.29, 0.717) is 17.8 Å². The van der Waals surface area contributed by atoms with Crippen molar-refractivity contribution < 1.29 is 8.78 Å². The second-order valence-corrected chi connectivity index (χ2v) is 4.17. The van der Waals surface area contributed by atoms with Gasteiger partial charge in [-0.05, 0) is 18.6 Å². The molecule has 3 nitrogen and oxygen atoms in total. The molecular formula is C12H12ClF2N3. The maximum Gasteiger partial charge on any atom is 0.128 e. The molecule has 1 aromatic heterocycles. The predicted octanol–water partition coefficient (Wildman–Crippen LogP) is 3.24. The van der Waals surface area contributed by atoms with Gasteiger partial charge in [-0.25, -0.2) is 13.5 Å². The summed E-state index contributed by atoms with van der Waals surface area (Å²) in [7, 11) is 0. The van der Waals surface area contributed by atoms with Crippen LogP contribution >= 0.6 is 11.6 Å². The van der Waals surface area contributed by atoms with Gasteiger partial charge < -0.3 is 0 Å². The molecule has 96 valence electrons. The van der Waals surface area contributed by atoms with Crippen LogP contribution in [0.3, 0.4) is 0 Å². The molecule has 2 aromatic rings. The lowest BCUT2D eigenvalue weighted by Gasteiger charge is -2.06. The average Bonchev–Trinajstić information content (AvgIpc) is 2.71. The summed E-state index contributed by atoms with van der Waals surface area (Å²) < 4.78 is 27.8. The second kappa shape index (κ2) is 5.44. The first-order chi connectivity index (χ1) is 8.65. The molecule has 1 heterocycles. The van der Waals surface area contributed by atoms with E-state index in [1.807, 2.05) is 6.92 Å². The molecule has 0 amide bonds. The Morgan fingerprint density at radius 2 is 1.89 bits per heavy atom. The highest BCUT2D eigenvalue weighted by molar-refractivity contribution is 6.16. The van der Waals surface area contributed by atoms with Crippen LogP contribution in [-0.2, 0) is 12.3 Å². The number of alkyl halides is 1. The smallest absolute Gasteiger partial charge is 0.128 e. The van der Waals surface area contributed by atoms with E-state index in [2.05, 4.69) is 10.3 Å². The van der Waals surface area contributed by atoms with Gasteiger partial charge in [-0.2, -0.15) is 0 Å². The highest BCUT2D eigenvalue weighted by atomic mass is 35.5. The van der Waals surface area contributed by atoms with Crippen molar-refractivity contribution in [2.24, 2.45) is 0 Å². The van der Waals surface area contributed by atoms with Crippen LogP contribution in [-0.4, -0.2) is 15.0 Å². The summed E-state index contributed by atoms with van der Waals surface area (Å²) in [6.45, 7) is 2.00. The molecule has 0 spiro atoms. The number of nitrogens with zero attached hydrogens (tertiary/aromatic N) is 3. The van der Waals surface area contributed by atoms with E-state index in [-0.39, 0.29) is 5.88 Å². The Kier molecular flexibility index (Phi) is 3.91. The summed E-state index contributed by atoms with van der Waals surface area (Å²) in [6.07, 6.45) is 1.57. The molecule has 0 saturated heterocycles. The minimum Gasteiger partial charge on any atom is -0.217 e. The summed E-state index contributed by atoms with van der Waals surface area (Å²) >= 11 is 5.77. The SMILES string of the molecule is CCCc1c(CCl)nnn1-c1cc(F)cc(F)c1. The number of hydrogen-bond acceptors (Lipinski definition) is 2. The first-order valence-electron chi connectivity index (χ1n) is 5.61. The van der Waals surface area contributed by atoms with Crippen molar-refractivity contribution in [1.82, 2.24) is 15.0 Å². The molecule has 0 N–H and O–H groups in total. The fourth-order valence-corrected chi connectivity index (χ4v) is 2.00. The fourth-order valence-electron chi connectivity index (χ4n) is 1.79. The summed E-state index contributed by atoms with van der Waals surface area (Å²) in [6, 6.07) is 3.26. The maximum atomic E-state index is 13.2. The van der Waals surface area contributed by atoms with Gasteiger partial charge in [0.05, 0.1) is 17.3 Å². The van der Waals surface area contributed by atoms with E-state index < -0.39 is 11.6 Å². The number of rotatable bonds is 4. The van der Waals surface area contributed by atoms with Gasteiger partial charge in [-0.1, -0.05) is 18.6 Å². The van der Waals surface area contributed by atoms with Crippen molar-refractivity contribution in [2.75, 3.05) is 0 Å². The Balaban J connectivity index is 2.52. The molecule has 0 aliphatic carbocycles. The molecule has 0 atom stereocenters. The Hall–Kier alpha value is -1.49. The lowest BCUT2D eigenvalue weighted by molar-refractivity contribution is 0.578. The van der Waals surface area contributed by atoms with Crippen molar-refractivity contribution in [3.8, 4) is 5.69 Å². The van der Waals surface area contributed by atoms with Crippen molar-refractivity contribution in [3.63, 3.8) is 0 Å². The Morgan fingerprint density at radius 3 is 2.44 bits per heavy atom. The van der Waals surface area contributed by atoms with Crippen molar-refractivity contribution >= 4 is 11.6 Å². The third-order valence-corrected chi connectivity index (χ3v) is 2.80. The van der Waals surface area contributed by atoms with Crippen molar-refractivity contribution in [2.45, 2.75) is 25.6 Å². The molecule has 0 aliphatic rings. The van der Waals surface area contributed by atoms with Gasteiger partial charge in [0.15, 0.2) is 0 Å². The Morgan fingerprint density at radius 1 is 1.22 bits per heavy atom. The average molecular weight is 272 g/mol. The molecule has 1 aromatic carbocycles. The summed E-state index contributed by atoms with van der Waals surface area (Å²) in [5.74, 6) is -1.06. The Bertz CT molecular complexity index is 534. The van der Waals surface area contributed by atoms with E-state index in [0.717, 1.165) is 18.2 Å². The zero-order valence-electron chi connectivity index (χ0n) is 9.83. The molecule has 18 heavy (non-hydrogen) atoms. The second-order valence-electron chi connectivity index (χ2n) is 3.91. The van der Waals surface area contributed by atoms with Crippen LogP contribution in [0.4, 0.5) is 8.78 Å². The van der Waals surface area contributed by atoms with Gasteiger partial charge in [0.2, 0.25) is 0 Å². The van der Waals surface area contributed by atoms with Crippen LogP contribution in [0.5, 0.6) is 0 Å². The number of halogens is 3. The standard InChI is InChI=1S/C12H12ClF2N3/c1-2-3-12-11(7-13)16-17-18(12)10-5-8(14)4-9(15)6-10/h4-6H,2-3,7H2,1H3. The van der Waals surface area contributed by atoms with E-state index in [1.165, 1.54) is 16.8 Å². The van der Waals surface area contributed by atoms with Gasteiger partial charge >= 0.3 is 0 Å². The maximum absolute atomic E-state index is 13.2. The van der Waals surface area contributed by atoms with Crippen molar-refractivity contribution in [3.05, 3.63) is 41.2 Å². The lowest BCUT2D eigenvalue weighted by atomic mass is 10.2. The highest BCUT2D eigenvalue weighted by Crippen LogP contribution is 2.18. The van der Waals surface area contributed by atoms with Crippen LogP contribution in [0.25, 0.3) is 5.69 Å². The van der Waals surface area contributed by atoms with E-state index in [1.54, 1.807) is 0 Å². The molecule has 6 heteroatoms. The minimum atomic E-state index is -0.643. The number of hydrogen-bond donors (Lipinski definition) is 0. The van der Waals surface area contributed by atoms with Gasteiger partial charge in [0.25, 0.3) is 0 Å². The van der Waals surface area contributed by atoms with Gasteiger partial charge in [0.1, 0.15) is 17.3 Å². The molecule has 0 bridgehead atoms. The van der Waals surface area contributed by atoms with Gasteiger partial charge in [0, 0.05) is 6.07 Å². The zero-order valence-corrected chi connectivity index (χ0v) is 10.6. The van der Waals surface area contributed by atoms with Crippen LogP contribution in [0, 0.1) is 11.6 Å². The number of aromatic nitrogens is 3. The minimum absolute atomic E-state index is 0.229. The molecule has 0 aliphatic heterocycles. The first kappa shape index (κ1) is 13.0. The van der Waals surface area contributed by atoms with E-state index in [9.17, 15) is 8.78 Å². The molecule has 2 rings (SSSR count). The normalized spacial score (nSPS) is 10.9. The summed E-state index contributed by atoms with van der Waals surface area (Å²) in [4.78, 5) is 0. The highest BCUT2D eigenvalue weighted by Gasteiger charge is 2.14. The predicted molar refractivity (Wildman–Crippen MR) is 64.8 cm³/mol. The van der Waals surface area contributed by atoms with Gasteiger partial charge in [-0.15, -0.1) is 16.7 Å². The van der Waals surface area contributed by atoms with E-state index >= 15 is 0 Å². The third-order valence-electron chi connectivity index (χ3n) is 2.55. The molecule has 0 fully saturated rings. The van der Waals surface area contributed by atoms with Crippen LogP contribution < -0.4 is 0 Å².